The first kappa shape index (κ1) is 23.8. The van der Waals surface area contributed by atoms with E-state index in [1.807, 2.05) is 11.8 Å². The average molecular weight is 410 g/mol. The molecule has 140 valence electrons. The Morgan fingerprint density at radius 1 is 0.739 bits per heavy atom. The lowest BCUT2D eigenvalue weighted by atomic mass is 10.0. The zero-order valence-electron chi connectivity index (χ0n) is 15.8. The molecule has 0 fully saturated rings. The van der Waals surface area contributed by atoms with Crippen LogP contribution in [0.5, 0.6) is 0 Å². The highest BCUT2D eigenvalue weighted by Crippen LogP contribution is 2.14. The van der Waals surface area contributed by atoms with E-state index in [-0.39, 0.29) is 0 Å². The zero-order valence-corrected chi connectivity index (χ0v) is 18.2. The molecule has 0 radical (unpaired) electrons. The topological polar surface area (TPSA) is 9.23 Å². The van der Waals surface area contributed by atoms with E-state index in [4.69, 9.17) is 4.74 Å². The van der Waals surface area contributed by atoms with Crippen molar-refractivity contribution in [1.82, 2.24) is 0 Å². The molecular weight excluding hydrogens is 368 g/mol. The van der Waals surface area contributed by atoms with Crippen molar-refractivity contribution in [2.45, 2.75) is 103 Å². The SMILES string of the molecule is CCCCCCCCCCCCCCCCSC[C@@H](CBr)OC. The van der Waals surface area contributed by atoms with Crippen molar-refractivity contribution in [2.75, 3.05) is 23.9 Å². The molecule has 0 rings (SSSR count). The highest BCUT2D eigenvalue weighted by atomic mass is 79.9. The highest BCUT2D eigenvalue weighted by Gasteiger charge is 2.04. The number of methoxy groups -OCH3 is 1. The summed E-state index contributed by atoms with van der Waals surface area (Å²) < 4.78 is 5.36. The second kappa shape index (κ2) is 20.8. The Balaban J connectivity index is 3.02. The Bertz CT molecular complexity index is 210. The molecule has 0 spiro atoms. The van der Waals surface area contributed by atoms with Gasteiger partial charge in [-0.15, -0.1) is 0 Å². The Kier molecular flexibility index (Phi) is 21.5. The Labute approximate surface area is 159 Å². The van der Waals surface area contributed by atoms with Crippen LogP contribution >= 0.6 is 27.7 Å². The maximum absolute atomic E-state index is 5.36. The summed E-state index contributed by atoms with van der Waals surface area (Å²) in [5.74, 6) is 2.42. The van der Waals surface area contributed by atoms with Gasteiger partial charge in [0.15, 0.2) is 0 Å². The van der Waals surface area contributed by atoms with Gasteiger partial charge in [0.25, 0.3) is 0 Å². The molecule has 0 aliphatic heterocycles. The van der Waals surface area contributed by atoms with Crippen LogP contribution in [-0.2, 0) is 4.74 Å². The maximum Gasteiger partial charge on any atom is 0.0758 e. The third-order valence-electron chi connectivity index (χ3n) is 4.45. The Morgan fingerprint density at radius 3 is 1.57 bits per heavy atom. The summed E-state index contributed by atoms with van der Waals surface area (Å²) in [6, 6.07) is 0. The van der Waals surface area contributed by atoms with Crippen LogP contribution in [0, 0.1) is 0 Å². The molecular formula is C20H41BrOS. The molecule has 1 nitrogen and oxygen atoms in total. The third kappa shape index (κ3) is 19.0. The first-order valence-corrected chi connectivity index (χ1v) is 12.3. The van der Waals surface area contributed by atoms with E-state index in [9.17, 15) is 0 Å². The standard InChI is InChI=1S/C20H41BrOS/c1-3-4-5-6-7-8-9-10-11-12-13-14-15-16-17-23-19-20(18-21)22-2/h20H,3-19H2,1-2H3/t20-/m1/s1. The van der Waals surface area contributed by atoms with Gasteiger partial charge in [-0.2, -0.15) is 11.8 Å². The minimum atomic E-state index is 0.381. The van der Waals surface area contributed by atoms with Crippen LogP contribution in [-0.4, -0.2) is 30.0 Å². The summed E-state index contributed by atoms with van der Waals surface area (Å²) in [6.45, 7) is 2.29. The average Bonchev–Trinajstić information content (AvgIpc) is 2.58. The van der Waals surface area contributed by atoms with Gasteiger partial charge in [0.2, 0.25) is 0 Å². The van der Waals surface area contributed by atoms with Crippen molar-refractivity contribution in [2.24, 2.45) is 0 Å². The van der Waals surface area contributed by atoms with Crippen LogP contribution < -0.4 is 0 Å². The van der Waals surface area contributed by atoms with Gasteiger partial charge < -0.3 is 4.74 Å². The normalized spacial score (nSPS) is 12.7. The van der Waals surface area contributed by atoms with Crippen molar-refractivity contribution >= 4 is 27.7 Å². The van der Waals surface area contributed by atoms with Gasteiger partial charge in [-0.3, -0.25) is 0 Å². The molecule has 0 saturated carbocycles. The number of ether oxygens (including phenoxy) is 1. The Hall–Kier alpha value is 0.790. The van der Waals surface area contributed by atoms with Crippen LogP contribution in [0.1, 0.15) is 96.8 Å². The minimum absolute atomic E-state index is 0.381. The minimum Gasteiger partial charge on any atom is -0.380 e. The van der Waals surface area contributed by atoms with E-state index in [1.54, 1.807) is 7.11 Å². The lowest BCUT2D eigenvalue weighted by Crippen LogP contribution is -2.15. The summed E-state index contributed by atoms with van der Waals surface area (Å²) in [5.41, 5.74) is 0. The van der Waals surface area contributed by atoms with Gasteiger partial charge in [0.1, 0.15) is 0 Å². The van der Waals surface area contributed by atoms with E-state index in [0.717, 1.165) is 11.1 Å². The van der Waals surface area contributed by atoms with Crippen LogP contribution in [0.3, 0.4) is 0 Å². The molecule has 0 N–H and O–H groups in total. The first-order chi connectivity index (χ1) is 11.3. The third-order valence-corrected chi connectivity index (χ3v) is 6.36. The number of hydrogen-bond acceptors (Lipinski definition) is 2. The highest BCUT2D eigenvalue weighted by molar-refractivity contribution is 9.09. The number of hydrogen-bond donors (Lipinski definition) is 0. The van der Waals surface area contributed by atoms with Crippen molar-refractivity contribution in [1.29, 1.82) is 0 Å². The fourth-order valence-corrected chi connectivity index (χ4v) is 4.68. The second-order valence-corrected chi connectivity index (χ2v) is 8.48. The monoisotopic (exact) mass is 408 g/mol. The molecule has 0 heterocycles. The van der Waals surface area contributed by atoms with Crippen molar-refractivity contribution in [3.05, 3.63) is 0 Å². The molecule has 1 atom stereocenters. The predicted molar refractivity (Wildman–Crippen MR) is 112 cm³/mol. The van der Waals surface area contributed by atoms with Crippen LogP contribution in [0.4, 0.5) is 0 Å². The fraction of sp³-hybridized carbons (Fsp3) is 1.00. The smallest absolute Gasteiger partial charge is 0.0758 e. The summed E-state index contributed by atoms with van der Waals surface area (Å²) in [4.78, 5) is 0. The number of thioether (sulfide) groups is 1. The van der Waals surface area contributed by atoms with E-state index in [1.165, 1.54) is 95.6 Å². The van der Waals surface area contributed by atoms with E-state index in [2.05, 4.69) is 22.9 Å². The molecule has 23 heavy (non-hydrogen) atoms. The van der Waals surface area contributed by atoms with Crippen LogP contribution in [0.2, 0.25) is 0 Å². The van der Waals surface area contributed by atoms with Crippen molar-refractivity contribution in [3.63, 3.8) is 0 Å². The molecule has 0 amide bonds. The number of alkyl halides is 1. The van der Waals surface area contributed by atoms with E-state index >= 15 is 0 Å². The molecule has 0 aromatic heterocycles. The van der Waals surface area contributed by atoms with Crippen LogP contribution in [0.15, 0.2) is 0 Å². The second-order valence-electron chi connectivity index (χ2n) is 6.68. The maximum atomic E-state index is 5.36. The van der Waals surface area contributed by atoms with Crippen LogP contribution in [0.25, 0.3) is 0 Å². The van der Waals surface area contributed by atoms with Crippen molar-refractivity contribution < 1.29 is 4.74 Å². The summed E-state index contributed by atoms with van der Waals surface area (Å²) in [5, 5.41) is 0.954. The molecule has 0 bridgehead atoms. The molecule has 0 unspecified atom stereocenters. The summed E-state index contributed by atoms with van der Waals surface area (Å²) in [6.07, 6.45) is 20.6. The van der Waals surface area contributed by atoms with E-state index < -0.39 is 0 Å². The lowest BCUT2D eigenvalue weighted by Gasteiger charge is -2.11. The Morgan fingerprint density at radius 2 is 1.17 bits per heavy atom. The van der Waals surface area contributed by atoms with Gasteiger partial charge in [-0.05, 0) is 12.2 Å². The molecule has 0 aromatic rings. The lowest BCUT2D eigenvalue weighted by molar-refractivity contribution is 0.142. The van der Waals surface area contributed by atoms with Gasteiger partial charge in [0.05, 0.1) is 6.10 Å². The number of halogens is 1. The van der Waals surface area contributed by atoms with Gasteiger partial charge in [-0.25, -0.2) is 0 Å². The molecule has 0 aliphatic rings. The summed E-state index contributed by atoms with van der Waals surface area (Å²) in [7, 11) is 1.80. The fourth-order valence-electron chi connectivity index (χ4n) is 2.79. The molecule has 3 heteroatoms. The van der Waals surface area contributed by atoms with Gasteiger partial charge >= 0.3 is 0 Å². The predicted octanol–water partition coefficient (Wildman–Crippen LogP) is 7.61. The number of unbranched alkanes of at least 4 members (excludes halogenated alkanes) is 13. The zero-order chi connectivity index (χ0) is 17.0. The molecule has 0 aromatic carbocycles. The molecule has 0 aliphatic carbocycles. The number of rotatable bonds is 19. The molecule has 0 saturated heterocycles. The first-order valence-electron chi connectivity index (χ1n) is 10.0. The largest absolute Gasteiger partial charge is 0.380 e. The van der Waals surface area contributed by atoms with Gasteiger partial charge in [0, 0.05) is 18.2 Å². The van der Waals surface area contributed by atoms with Crippen molar-refractivity contribution in [3.8, 4) is 0 Å². The van der Waals surface area contributed by atoms with E-state index in [0.29, 0.717) is 6.10 Å². The van der Waals surface area contributed by atoms with Gasteiger partial charge in [-0.1, -0.05) is 106 Å². The quantitative estimate of drug-likeness (QED) is 0.160. The summed E-state index contributed by atoms with van der Waals surface area (Å²) >= 11 is 5.52.